The van der Waals surface area contributed by atoms with Gasteiger partial charge in [-0.25, -0.2) is 4.57 Å². The van der Waals surface area contributed by atoms with Crippen LogP contribution in [0.25, 0.3) is 0 Å². The van der Waals surface area contributed by atoms with E-state index in [4.69, 9.17) is 18.5 Å². The molecule has 0 heterocycles. The van der Waals surface area contributed by atoms with Crippen LogP contribution in [0.2, 0.25) is 0 Å². The predicted molar refractivity (Wildman–Crippen MR) is 226 cm³/mol. The van der Waals surface area contributed by atoms with Crippen molar-refractivity contribution >= 4 is 19.8 Å². The maximum absolute atomic E-state index is 12.8. The normalized spacial score (nSPS) is 22.7. The lowest BCUT2D eigenvalue weighted by molar-refractivity contribution is -0.220. The number of esters is 2. The van der Waals surface area contributed by atoms with Gasteiger partial charge >= 0.3 is 19.8 Å². The summed E-state index contributed by atoms with van der Waals surface area (Å²) >= 11 is 0. The van der Waals surface area contributed by atoms with Crippen LogP contribution in [0, 0.1) is 0 Å². The van der Waals surface area contributed by atoms with E-state index in [2.05, 4.69) is 38.2 Å². The van der Waals surface area contributed by atoms with Crippen molar-refractivity contribution in [3.05, 3.63) is 24.3 Å². The monoisotopic (exact) mass is 849 g/mol. The molecule has 8 atom stereocenters. The zero-order valence-corrected chi connectivity index (χ0v) is 36.7. The molecule has 0 spiro atoms. The first-order valence-corrected chi connectivity index (χ1v) is 24.1. The summed E-state index contributed by atoms with van der Waals surface area (Å²) in [5.41, 5.74) is 0. The van der Waals surface area contributed by atoms with Gasteiger partial charge in [-0.05, 0) is 44.9 Å². The van der Waals surface area contributed by atoms with Crippen LogP contribution in [0.3, 0.4) is 0 Å². The van der Waals surface area contributed by atoms with Crippen LogP contribution in [0.5, 0.6) is 0 Å². The van der Waals surface area contributed by atoms with Crippen LogP contribution in [-0.4, -0.2) is 98.3 Å². The molecule has 340 valence electrons. The van der Waals surface area contributed by atoms with E-state index >= 15 is 0 Å². The molecule has 0 aromatic heterocycles. The minimum absolute atomic E-state index is 0.0903. The number of allylic oxidation sites excluding steroid dienone is 4. The molecule has 0 aromatic carbocycles. The van der Waals surface area contributed by atoms with E-state index in [9.17, 15) is 44.6 Å². The van der Waals surface area contributed by atoms with Crippen molar-refractivity contribution in [1.82, 2.24) is 0 Å². The molecule has 1 aliphatic carbocycles. The second-order valence-electron chi connectivity index (χ2n) is 15.9. The third-order valence-electron chi connectivity index (χ3n) is 10.5. The highest BCUT2D eigenvalue weighted by atomic mass is 31.2. The number of rotatable bonds is 37. The predicted octanol–water partition coefficient (Wildman–Crippen LogP) is 8.45. The summed E-state index contributed by atoms with van der Waals surface area (Å²) in [7, 11) is -5.11. The van der Waals surface area contributed by atoms with Gasteiger partial charge in [-0.15, -0.1) is 0 Å². The Morgan fingerprint density at radius 1 is 0.534 bits per heavy atom. The number of carbonyl (C=O) groups is 2. The fourth-order valence-corrected chi connectivity index (χ4v) is 7.82. The average Bonchev–Trinajstić information content (AvgIpc) is 3.20. The van der Waals surface area contributed by atoms with Gasteiger partial charge < -0.3 is 39.9 Å². The molecular formula is C44H81O13P. The van der Waals surface area contributed by atoms with Crippen molar-refractivity contribution in [2.24, 2.45) is 0 Å². The zero-order valence-electron chi connectivity index (χ0n) is 35.8. The van der Waals surface area contributed by atoms with Gasteiger partial charge in [0.05, 0.1) is 6.61 Å². The fraction of sp³-hybridized carbons (Fsp3) is 0.864. The van der Waals surface area contributed by atoms with E-state index in [1.807, 2.05) is 0 Å². The summed E-state index contributed by atoms with van der Waals surface area (Å²) in [4.78, 5) is 35.6. The van der Waals surface area contributed by atoms with E-state index in [0.29, 0.717) is 12.8 Å². The number of phosphoric ester groups is 1. The van der Waals surface area contributed by atoms with E-state index in [1.165, 1.54) is 70.6 Å². The molecule has 58 heavy (non-hydrogen) atoms. The van der Waals surface area contributed by atoms with Crippen molar-refractivity contribution in [2.45, 2.75) is 230 Å². The molecule has 1 rings (SSSR count). The number of hydrogen-bond donors (Lipinski definition) is 6. The number of aliphatic hydroxyl groups excluding tert-OH is 5. The first-order chi connectivity index (χ1) is 27.9. The fourth-order valence-electron chi connectivity index (χ4n) is 6.85. The van der Waals surface area contributed by atoms with Crippen LogP contribution in [0.1, 0.15) is 187 Å². The van der Waals surface area contributed by atoms with Gasteiger partial charge in [0.2, 0.25) is 0 Å². The van der Waals surface area contributed by atoms with Crippen molar-refractivity contribution in [2.75, 3.05) is 13.2 Å². The van der Waals surface area contributed by atoms with Gasteiger partial charge in [-0.2, -0.15) is 0 Å². The molecule has 1 aliphatic rings. The molecular weight excluding hydrogens is 767 g/mol. The highest BCUT2D eigenvalue weighted by molar-refractivity contribution is 7.47. The maximum atomic E-state index is 12.8. The third-order valence-corrected chi connectivity index (χ3v) is 11.5. The largest absolute Gasteiger partial charge is 0.472 e. The Hall–Kier alpha value is -1.67. The van der Waals surface area contributed by atoms with Gasteiger partial charge in [-0.3, -0.25) is 18.6 Å². The molecule has 0 saturated heterocycles. The van der Waals surface area contributed by atoms with E-state index in [-0.39, 0.29) is 12.8 Å². The highest BCUT2D eigenvalue weighted by Gasteiger charge is 2.51. The Bertz CT molecular complexity index is 1120. The first-order valence-electron chi connectivity index (χ1n) is 22.6. The van der Waals surface area contributed by atoms with Crippen LogP contribution in [0.4, 0.5) is 0 Å². The number of aliphatic hydroxyl groups is 5. The number of phosphoric acid groups is 1. The van der Waals surface area contributed by atoms with Gasteiger partial charge in [0.15, 0.2) is 6.10 Å². The number of hydrogen-bond acceptors (Lipinski definition) is 12. The quantitative estimate of drug-likeness (QED) is 0.0150. The minimum atomic E-state index is -5.11. The maximum Gasteiger partial charge on any atom is 0.472 e. The second kappa shape index (κ2) is 35.0. The van der Waals surface area contributed by atoms with Crippen LogP contribution >= 0.6 is 7.82 Å². The molecule has 6 N–H and O–H groups in total. The Labute approximate surface area is 349 Å². The zero-order chi connectivity index (χ0) is 42.9. The van der Waals surface area contributed by atoms with E-state index in [0.717, 1.165) is 77.0 Å². The average molecular weight is 849 g/mol. The standard InChI is InChI=1S/C44H81O13P/c1-3-5-7-9-11-13-15-17-18-19-20-21-23-25-27-29-31-33-38(46)56-36(34-54-37(45)32-30-28-26-24-22-16-14-12-10-8-6-4-2)35-55-58(52,53)57-44-42(50)40(48)39(47)41(49)43(44)51/h11,13,17-18,36,39-44,47-51H,3-10,12,14-16,19-35H2,1-2H3,(H,52,53)/b13-11-,18-17-/t36-,39?,40-,41?,42?,43?,44?/m1/s1. The molecule has 13 nitrogen and oxygen atoms in total. The summed E-state index contributed by atoms with van der Waals surface area (Å²) in [6.07, 6.45) is 23.7. The number of unbranched alkanes of at least 4 members (excludes halogenated alkanes) is 21. The molecule has 0 aliphatic heterocycles. The highest BCUT2D eigenvalue weighted by Crippen LogP contribution is 2.47. The topological polar surface area (TPSA) is 210 Å². The summed E-state index contributed by atoms with van der Waals surface area (Å²) < 4.78 is 33.5. The number of carbonyl (C=O) groups excluding carboxylic acids is 2. The summed E-state index contributed by atoms with van der Waals surface area (Å²) in [6.45, 7) is 3.26. The summed E-state index contributed by atoms with van der Waals surface area (Å²) in [6, 6.07) is 0. The molecule has 0 amide bonds. The minimum Gasteiger partial charge on any atom is -0.462 e. The van der Waals surface area contributed by atoms with Crippen LogP contribution in [0.15, 0.2) is 24.3 Å². The molecule has 1 fully saturated rings. The van der Waals surface area contributed by atoms with Crippen molar-refractivity contribution < 1.29 is 63.1 Å². The Morgan fingerprint density at radius 2 is 0.931 bits per heavy atom. The van der Waals surface area contributed by atoms with E-state index < -0.39 is 75.7 Å². The molecule has 0 bridgehead atoms. The van der Waals surface area contributed by atoms with Gasteiger partial charge in [-0.1, -0.05) is 154 Å². The molecule has 6 unspecified atom stereocenters. The summed E-state index contributed by atoms with van der Waals surface area (Å²) in [5.74, 6) is -1.10. The van der Waals surface area contributed by atoms with Crippen LogP contribution in [-0.2, 0) is 32.7 Å². The van der Waals surface area contributed by atoms with Crippen molar-refractivity contribution in [3.63, 3.8) is 0 Å². The van der Waals surface area contributed by atoms with Gasteiger partial charge in [0, 0.05) is 12.8 Å². The third kappa shape index (κ3) is 27.2. The molecule has 1 saturated carbocycles. The molecule has 0 aromatic rings. The molecule has 14 heteroatoms. The second-order valence-corrected chi connectivity index (χ2v) is 17.3. The summed E-state index contributed by atoms with van der Waals surface area (Å²) in [5, 5.41) is 50.1. The van der Waals surface area contributed by atoms with Crippen LogP contribution < -0.4 is 0 Å². The Kier molecular flexibility index (Phi) is 32.8. The Morgan fingerprint density at radius 3 is 1.43 bits per heavy atom. The smallest absolute Gasteiger partial charge is 0.462 e. The Balaban J connectivity index is 2.47. The van der Waals surface area contributed by atoms with E-state index in [1.54, 1.807) is 0 Å². The van der Waals surface area contributed by atoms with Crippen molar-refractivity contribution in [1.29, 1.82) is 0 Å². The van der Waals surface area contributed by atoms with Gasteiger partial charge in [0.1, 0.15) is 43.2 Å². The van der Waals surface area contributed by atoms with Crippen molar-refractivity contribution in [3.8, 4) is 0 Å². The lowest BCUT2D eigenvalue weighted by Crippen LogP contribution is -2.64. The first kappa shape index (κ1) is 54.3. The lowest BCUT2D eigenvalue weighted by Gasteiger charge is -2.41. The van der Waals surface area contributed by atoms with Gasteiger partial charge in [0.25, 0.3) is 0 Å². The number of ether oxygens (including phenoxy) is 2. The SMILES string of the molecule is CCCCC/C=C\C/C=C\CCCCCCCCCC(=O)O[C@H](COC(=O)CCCCCCCCCCCCCC)COP(=O)(O)OC1C(O)C(O)C(O)[C@@H](O)C1O. The lowest BCUT2D eigenvalue weighted by atomic mass is 9.85. The molecule has 0 radical (unpaired) electrons.